The van der Waals surface area contributed by atoms with Gasteiger partial charge < -0.3 is 9.64 Å². The van der Waals surface area contributed by atoms with E-state index in [9.17, 15) is 13.2 Å². The molecule has 0 saturated carbocycles. The van der Waals surface area contributed by atoms with Crippen LogP contribution in [0, 0.1) is 13.8 Å². The molecule has 1 fully saturated rings. The monoisotopic (exact) mass is 392 g/mol. The van der Waals surface area contributed by atoms with Crippen molar-refractivity contribution in [2.45, 2.75) is 25.2 Å². The summed E-state index contributed by atoms with van der Waals surface area (Å²) in [4.78, 5) is 14.8. The van der Waals surface area contributed by atoms with Gasteiger partial charge in [-0.3, -0.25) is 9.89 Å². The van der Waals surface area contributed by atoms with Crippen LogP contribution < -0.4 is 4.74 Å². The number of aryl methyl sites for hydroxylation is 2. The smallest absolute Gasteiger partial charge is 0.257 e. The van der Waals surface area contributed by atoms with E-state index in [1.54, 1.807) is 36.9 Å². The molecule has 2 aromatic rings. The highest BCUT2D eigenvalue weighted by Gasteiger charge is 2.32. The lowest BCUT2D eigenvalue weighted by Crippen LogP contribution is -2.37. The van der Waals surface area contributed by atoms with Crippen LogP contribution in [0.2, 0.25) is 0 Å². The Kier molecular flexibility index (Phi) is 5.52. The van der Waals surface area contributed by atoms with E-state index in [0.29, 0.717) is 48.8 Å². The van der Waals surface area contributed by atoms with Gasteiger partial charge in [0.15, 0.2) is 0 Å². The Balaban J connectivity index is 1.79. The lowest BCUT2D eigenvalue weighted by Gasteiger charge is -2.22. The maximum Gasteiger partial charge on any atom is 0.257 e. The lowest BCUT2D eigenvalue weighted by atomic mass is 10.1. The Bertz CT molecular complexity index is 919. The Morgan fingerprint density at radius 1 is 1.15 bits per heavy atom. The van der Waals surface area contributed by atoms with Gasteiger partial charge in [-0.2, -0.15) is 9.40 Å². The summed E-state index contributed by atoms with van der Waals surface area (Å²) >= 11 is 0. The number of rotatable bonds is 4. The number of carbonyl (C=O) groups excluding carboxylic acids is 1. The van der Waals surface area contributed by atoms with Crippen LogP contribution >= 0.6 is 0 Å². The summed E-state index contributed by atoms with van der Waals surface area (Å²) in [5, 5.41) is 6.72. The Hall–Kier alpha value is -2.39. The minimum absolute atomic E-state index is 0.151. The van der Waals surface area contributed by atoms with Gasteiger partial charge >= 0.3 is 0 Å². The SMILES string of the molecule is COc1ccccc1C(=O)N1CCCN(S(=O)(=O)c2c(C)n[nH]c2C)CC1. The number of ether oxygens (including phenoxy) is 1. The van der Waals surface area contributed by atoms with Crippen molar-refractivity contribution < 1.29 is 17.9 Å². The number of amides is 1. The van der Waals surface area contributed by atoms with Crippen LogP contribution in [0.3, 0.4) is 0 Å². The normalized spacial score (nSPS) is 16.2. The number of sulfonamides is 1. The second-order valence-electron chi connectivity index (χ2n) is 6.51. The summed E-state index contributed by atoms with van der Waals surface area (Å²) in [5.41, 5.74) is 1.47. The predicted octanol–water partition coefficient (Wildman–Crippen LogP) is 1.57. The van der Waals surface area contributed by atoms with Crippen LogP contribution in [0.25, 0.3) is 0 Å². The molecule has 1 aromatic carbocycles. The van der Waals surface area contributed by atoms with E-state index >= 15 is 0 Å². The zero-order valence-electron chi connectivity index (χ0n) is 15.7. The van der Waals surface area contributed by atoms with Gasteiger partial charge in [-0.1, -0.05) is 12.1 Å². The second kappa shape index (κ2) is 7.69. The Morgan fingerprint density at radius 3 is 2.56 bits per heavy atom. The quantitative estimate of drug-likeness (QED) is 0.852. The van der Waals surface area contributed by atoms with Gasteiger partial charge in [-0.15, -0.1) is 0 Å². The third-order valence-electron chi connectivity index (χ3n) is 4.74. The van der Waals surface area contributed by atoms with Crippen molar-refractivity contribution >= 4 is 15.9 Å². The first-order chi connectivity index (χ1) is 12.9. The number of benzene rings is 1. The zero-order chi connectivity index (χ0) is 19.6. The average molecular weight is 392 g/mol. The van der Waals surface area contributed by atoms with E-state index in [0.717, 1.165) is 0 Å². The number of carbonyl (C=O) groups is 1. The minimum Gasteiger partial charge on any atom is -0.496 e. The van der Waals surface area contributed by atoms with Gasteiger partial charge in [-0.25, -0.2) is 8.42 Å². The van der Waals surface area contributed by atoms with Crippen molar-refractivity contribution in [3.05, 3.63) is 41.2 Å². The fraction of sp³-hybridized carbons (Fsp3) is 0.444. The fourth-order valence-electron chi connectivity index (χ4n) is 3.38. The van der Waals surface area contributed by atoms with E-state index < -0.39 is 10.0 Å². The third kappa shape index (κ3) is 3.70. The Labute approximate surface area is 159 Å². The van der Waals surface area contributed by atoms with Crippen molar-refractivity contribution in [2.75, 3.05) is 33.3 Å². The van der Waals surface area contributed by atoms with E-state index in [1.807, 2.05) is 6.07 Å². The molecular formula is C18H24N4O4S. The predicted molar refractivity (Wildman–Crippen MR) is 100 cm³/mol. The molecule has 146 valence electrons. The number of aromatic amines is 1. The fourth-order valence-corrected chi connectivity index (χ4v) is 5.18. The molecule has 0 bridgehead atoms. The lowest BCUT2D eigenvalue weighted by molar-refractivity contribution is 0.0761. The van der Waals surface area contributed by atoms with Crippen LogP contribution in [0.1, 0.15) is 28.2 Å². The molecule has 1 aliphatic rings. The minimum atomic E-state index is -3.65. The molecule has 1 aromatic heterocycles. The number of hydrogen-bond donors (Lipinski definition) is 1. The van der Waals surface area contributed by atoms with E-state index in [2.05, 4.69) is 10.2 Å². The van der Waals surface area contributed by atoms with Crippen molar-refractivity contribution in [1.82, 2.24) is 19.4 Å². The third-order valence-corrected chi connectivity index (χ3v) is 6.90. The number of nitrogens with zero attached hydrogens (tertiary/aromatic N) is 3. The van der Waals surface area contributed by atoms with Gasteiger partial charge in [-0.05, 0) is 32.4 Å². The van der Waals surface area contributed by atoms with E-state index in [-0.39, 0.29) is 17.3 Å². The number of H-pyrrole nitrogens is 1. The highest BCUT2D eigenvalue weighted by molar-refractivity contribution is 7.89. The molecule has 0 spiro atoms. The molecule has 1 N–H and O–H groups in total. The van der Waals surface area contributed by atoms with Crippen LogP contribution in [-0.2, 0) is 10.0 Å². The number of hydrogen-bond acceptors (Lipinski definition) is 5. The van der Waals surface area contributed by atoms with Crippen molar-refractivity contribution in [3.8, 4) is 5.75 Å². The highest BCUT2D eigenvalue weighted by Crippen LogP contribution is 2.24. The van der Waals surface area contributed by atoms with E-state index in [4.69, 9.17) is 4.74 Å². The molecule has 1 amide bonds. The first-order valence-corrected chi connectivity index (χ1v) is 10.2. The number of nitrogens with one attached hydrogen (secondary N) is 1. The first-order valence-electron chi connectivity index (χ1n) is 8.80. The van der Waals surface area contributed by atoms with Crippen molar-refractivity contribution in [3.63, 3.8) is 0 Å². The second-order valence-corrected chi connectivity index (χ2v) is 8.39. The first kappa shape index (κ1) is 19.4. The number of methoxy groups -OCH3 is 1. The largest absolute Gasteiger partial charge is 0.496 e. The number of para-hydroxylation sites is 1. The highest BCUT2D eigenvalue weighted by atomic mass is 32.2. The summed E-state index contributed by atoms with van der Waals surface area (Å²) in [7, 11) is -2.13. The molecule has 0 atom stereocenters. The molecule has 3 rings (SSSR count). The van der Waals surface area contributed by atoms with Crippen LogP contribution in [0.4, 0.5) is 0 Å². The summed E-state index contributed by atoms with van der Waals surface area (Å²) in [6.45, 7) is 4.79. The molecule has 1 saturated heterocycles. The average Bonchev–Trinajstić information content (AvgIpc) is 2.87. The molecule has 2 heterocycles. The summed E-state index contributed by atoms with van der Waals surface area (Å²) in [6, 6.07) is 7.06. The molecule has 0 radical (unpaired) electrons. The Morgan fingerprint density at radius 2 is 1.89 bits per heavy atom. The summed E-state index contributed by atoms with van der Waals surface area (Å²) in [6.07, 6.45) is 0.566. The topological polar surface area (TPSA) is 95.6 Å². The van der Waals surface area contributed by atoms with Gasteiger partial charge in [0.25, 0.3) is 5.91 Å². The van der Waals surface area contributed by atoms with Crippen LogP contribution in [0.5, 0.6) is 5.75 Å². The maximum atomic E-state index is 13.0. The maximum absolute atomic E-state index is 13.0. The van der Waals surface area contributed by atoms with Crippen molar-refractivity contribution in [2.24, 2.45) is 0 Å². The summed E-state index contributed by atoms with van der Waals surface area (Å²) in [5.74, 6) is 0.364. The van der Waals surface area contributed by atoms with E-state index in [1.165, 1.54) is 11.4 Å². The zero-order valence-corrected chi connectivity index (χ0v) is 16.5. The molecule has 1 aliphatic heterocycles. The molecule has 0 aliphatic carbocycles. The van der Waals surface area contributed by atoms with Crippen LogP contribution in [-0.4, -0.2) is 67.0 Å². The van der Waals surface area contributed by atoms with Crippen molar-refractivity contribution in [1.29, 1.82) is 0 Å². The summed E-state index contributed by atoms with van der Waals surface area (Å²) < 4.78 is 32.8. The molecule has 0 unspecified atom stereocenters. The molecule has 9 heteroatoms. The number of aromatic nitrogens is 2. The van der Waals surface area contributed by atoms with Gasteiger partial charge in [0, 0.05) is 26.2 Å². The van der Waals surface area contributed by atoms with Gasteiger partial charge in [0.2, 0.25) is 10.0 Å². The molecule has 8 nitrogen and oxygen atoms in total. The van der Waals surface area contributed by atoms with Gasteiger partial charge in [0.1, 0.15) is 10.6 Å². The molecular weight excluding hydrogens is 368 g/mol. The van der Waals surface area contributed by atoms with Gasteiger partial charge in [0.05, 0.1) is 24.1 Å². The molecule has 27 heavy (non-hydrogen) atoms. The van der Waals surface area contributed by atoms with Crippen LogP contribution in [0.15, 0.2) is 29.2 Å². The standard InChI is InChI=1S/C18H24N4O4S/c1-13-17(14(2)20-19-13)27(24,25)22-10-6-9-21(11-12-22)18(23)15-7-4-5-8-16(15)26-3/h4-5,7-8H,6,9-12H2,1-3H3,(H,19,20).